The summed E-state index contributed by atoms with van der Waals surface area (Å²) >= 11 is 0. The summed E-state index contributed by atoms with van der Waals surface area (Å²) in [5.41, 5.74) is 2.17. The molecule has 0 bridgehead atoms. The van der Waals surface area contributed by atoms with E-state index in [1.54, 1.807) is 0 Å². The summed E-state index contributed by atoms with van der Waals surface area (Å²) in [4.78, 5) is 11.8. The molecule has 3 nitrogen and oxygen atoms in total. The number of hydrogen-bond donors (Lipinski definition) is 1. The second-order valence-corrected chi connectivity index (χ2v) is 4.99. The first kappa shape index (κ1) is 16.7. The molecular weight excluding hydrogens is 286 g/mol. The molecule has 0 saturated heterocycles. The van der Waals surface area contributed by atoms with Crippen LogP contribution in [0.4, 0.5) is 0 Å². The van der Waals surface area contributed by atoms with Gasteiger partial charge in [-0.15, -0.1) is 0 Å². The maximum Gasteiger partial charge on any atom is 0.326 e. The Labute approximate surface area is 137 Å². The van der Waals surface area contributed by atoms with Gasteiger partial charge in [-0.25, -0.2) is 0 Å². The van der Waals surface area contributed by atoms with Crippen molar-refractivity contribution in [3.05, 3.63) is 83.9 Å². The van der Waals surface area contributed by atoms with E-state index >= 15 is 0 Å². The minimum atomic E-state index is -0.472. The van der Waals surface area contributed by atoms with Gasteiger partial charge in [0.25, 0.3) is 0 Å². The van der Waals surface area contributed by atoms with Crippen molar-refractivity contribution in [1.82, 2.24) is 5.32 Å². The largest absolute Gasteiger partial charge is 0.468 e. The molecule has 1 atom stereocenters. The molecule has 23 heavy (non-hydrogen) atoms. The monoisotopic (exact) mass is 307 g/mol. The fourth-order valence-corrected chi connectivity index (χ4v) is 2.08. The number of carbonyl (C=O) groups excluding carboxylic acids is 1. The molecule has 0 aliphatic rings. The van der Waals surface area contributed by atoms with Gasteiger partial charge in [0.05, 0.1) is 7.11 Å². The topological polar surface area (TPSA) is 38.3 Å². The molecule has 0 aliphatic heterocycles. The lowest BCUT2D eigenvalue weighted by Gasteiger charge is -2.11. The summed E-state index contributed by atoms with van der Waals surface area (Å²) in [7, 11) is 1.40. The van der Waals surface area contributed by atoms with Crippen LogP contribution in [0.5, 0.6) is 0 Å². The highest BCUT2D eigenvalue weighted by atomic mass is 16.5. The van der Waals surface area contributed by atoms with E-state index in [4.69, 9.17) is 4.74 Å². The Morgan fingerprint density at radius 3 is 2.13 bits per heavy atom. The summed E-state index contributed by atoms with van der Waals surface area (Å²) in [6.07, 6.45) is 7.73. The van der Waals surface area contributed by atoms with E-state index in [1.165, 1.54) is 7.11 Å². The number of rotatable bonds is 7. The van der Waals surface area contributed by atoms with Gasteiger partial charge in [-0.05, 0) is 11.1 Å². The minimum Gasteiger partial charge on any atom is -0.468 e. The Kier molecular flexibility index (Phi) is 6.82. The van der Waals surface area contributed by atoms with Crippen LogP contribution in [0.15, 0.2) is 72.8 Å². The van der Waals surface area contributed by atoms with E-state index in [1.807, 2.05) is 85.0 Å². The van der Waals surface area contributed by atoms with Crippen molar-refractivity contribution in [2.24, 2.45) is 0 Å². The molecule has 118 valence electrons. The first-order valence-electron chi connectivity index (χ1n) is 7.55. The summed E-state index contributed by atoms with van der Waals surface area (Å²) in [5, 5.41) is 3.16. The normalized spacial score (nSPS) is 12.6. The first-order valence-corrected chi connectivity index (χ1v) is 7.55. The molecule has 0 aliphatic carbocycles. The minimum absolute atomic E-state index is 0.301. The van der Waals surface area contributed by atoms with Gasteiger partial charge in [0.1, 0.15) is 6.04 Å². The molecule has 2 aromatic carbocycles. The van der Waals surface area contributed by atoms with Gasteiger partial charge in [0.2, 0.25) is 0 Å². The first-order chi connectivity index (χ1) is 11.3. The van der Waals surface area contributed by atoms with Gasteiger partial charge in [0, 0.05) is 6.54 Å². The summed E-state index contributed by atoms with van der Waals surface area (Å²) in [5.74, 6) is -0.301. The van der Waals surface area contributed by atoms with Gasteiger partial charge in [0.15, 0.2) is 0 Å². The summed E-state index contributed by atoms with van der Waals surface area (Å²) < 4.78 is 4.84. The number of hydrogen-bond acceptors (Lipinski definition) is 3. The lowest BCUT2D eigenvalue weighted by molar-refractivity contribution is -0.141. The van der Waals surface area contributed by atoms with E-state index in [9.17, 15) is 4.79 Å². The number of ether oxygens (including phenoxy) is 1. The number of carbonyl (C=O) groups is 1. The molecule has 0 unspecified atom stereocenters. The smallest absolute Gasteiger partial charge is 0.326 e. The second kappa shape index (κ2) is 9.38. The van der Waals surface area contributed by atoms with E-state index in [0.29, 0.717) is 6.54 Å². The predicted molar refractivity (Wildman–Crippen MR) is 94.8 cm³/mol. The van der Waals surface area contributed by atoms with Gasteiger partial charge >= 0.3 is 5.97 Å². The third-order valence-corrected chi connectivity index (χ3v) is 3.30. The van der Waals surface area contributed by atoms with Crippen molar-refractivity contribution < 1.29 is 9.53 Å². The van der Waals surface area contributed by atoms with Gasteiger partial charge in [-0.2, -0.15) is 0 Å². The highest BCUT2D eigenvalue weighted by Gasteiger charge is 2.13. The second-order valence-electron chi connectivity index (χ2n) is 4.99. The zero-order chi connectivity index (χ0) is 16.3. The zero-order valence-electron chi connectivity index (χ0n) is 13.2. The van der Waals surface area contributed by atoms with E-state index in [-0.39, 0.29) is 5.97 Å². The maximum atomic E-state index is 11.8. The van der Waals surface area contributed by atoms with E-state index in [2.05, 4.69) is 5.32 Å². The third-order valence-electron chi connectivity index (χ3n) is 3.30. The van der Waals surface area contributed by atoms with Crippen LogP contribution < -0.4 is 5.32 Å². The molecule has 0 saturated carbocycles. The summed E-state index contributed by atoms with van der Waals surface area (Å²) in [6, 6.07) is 19.4. The molecule has 2 rings (SSSR count). The van der Waals surface area contributed by atoms with Crippen LogP contribution in [0.25, 0.3) is 12.2 Å². The maximum absolute atomic E-state index is 11.8. The van der Waals surface area contributed by atoms with Gasteiger partial charge in [-0.3, -0.25) is 10.1 Å². The van der Waals surface area contributed by atoms with Crippen LogP contribution in [-0.2, 0) is 9.53 Å². The molecule has 1 N–H and O–H groups in total. The number of esters is 1. The average Bonchev–Trinajstić information content (AvgIpc) is 2.62. The van der Waals surface area contributed by atoms with Crippen molar-refractivity contribution in [1.29, 1.82) is 0 Å². The van der Waals surface area contributed by atoms with E-state index in [0.717, 1.165) is 11.1 Å². The molecule has 0 radical (unpaired) electrons. The highest BCUT2D eigenvalue weighted by molar-refractivity contribution is 5.79. The van der Waals surface area contributed by atoms with E-state index < -0.39 is 6.04 Å². The predicted octanol–water partition coefficient (Wildman–Crippen LogP) is 3.54. The Morgan fingerprint density at radius 2 is 1.57 bits per heavy atom. The SMILES string of the molecule is COC(=O)[C@@H](/C=C/c1ccccc1)NC/C=C/c1ccccc1. The van der Waals surface area contributed by atoms with Crippen molar-refractivity contribution in [3.63, 3.8) is 0 Å². The van der Waals surface area contributed by atoms with Gasteiger partial charge in [-0.1, -0.05) is 85.0 Å². The Bertz CT molecular complexity index is 648. The van der Waals surface area contributed by atoms with Crippen LogP contribution in [0.3, 0.4) is 0 Å². The molecule has 0 amide bonds. The summed E-state index contributed by atoms with van der Waals surface area (Å²) in [6.45, 7) is 0.577. The van der Waals surface area contributed by atoms with Crippen molar-refractivity contribution in [2.75, 3.05) is 13.7 Å². The Balaban J connectivity index is 1.92. The quantitative estimate of drug-likeness (QED) is 0.795. The van der Waals surface area contributed by atoms with Crippen molar-refractivity contribution >= 4 is 18.1 Å². The molecule has 0 fully saturated rings. The Morgan fingerprint density at radius 1 is 1.00 bits per heavy atom. The van der Waals surface area contributed by atoms with Crippen LogP contribution >= 0.6 is 0 Å². The average molecular weight is 307 g/mol. The van der Waals surface area contributed by atoms with Crippen LogP contribution in [-0.4, -0.2) is 25.7 Å². The molecule has 0 aromatic heterocycles. The van der Waals surface area contributed by atoms with Crippen molar-refractivity contribution in [3.8, 4) is 0 Å². The lowest BCUT2D eigenvalue weighted by Crippen LogP contribution is -2.35. The number of methoxy groups -OCH3 is 1. The number of benzene rings is 2. The van der Waals surface area contributed by atoms with Crippen molar-refractivity contribution in [2.45, 2.75) is 6.04 Å². The molecule has 0 heterocycles. The number of nitrogens with one attached hydrogen (secondary N) is 1. The fourth-order valence-electron chi connectivity index (χ4n) is 2.08. The molecule has 2 aromatic rings. The zero-order valence-corrected chi connectivity index (χ0v) is 13.2. The lowest BCUT2D eigenvalue weighted by atomic mass is 10.1. The molecule has 0 spiro atoms. The third kappa shape index (κ3) is 5.93. The molecule has 3 heteroatoms. The highest BCUT2D eigenvalue weighted by Crippen LogP contribution is 2.04. The van der Waals surface area contributed by atoms with Crippen LogP contribution in [0, 0.1) is 0 Å². The van der Waals surface area contributed by atoms with Crippen LogP contribution in [0.1, 0.15) is 11.1 Å². The standard InChI is InChI=1S/C20H21NO2/c1-23-20(22)19(15-14-18-11-6-3-7-12-18)21-16-8-13-17-9-4-2-5-10-17/h2-15,19,21H,16H2,1H3/b13-8+,15-14+/t19-/m1/s1. The van der Waals surface area contributed by atoms with Crippen LogP contribution in [0.2, 0.25) is 0 Å². The Hall–Kier alpha value is -2.65. The van der Waals surface area contributed by atoms with Gasteiger partial charge < -0.3 is 4.74 Å². The fraction of sp³-hybridized carbons (Fsp3) is 0.150. The molecular formula is C20H21NO2.